The molecule has 0 saturated carbocycles. The molecular weight excluding hydrogens is 196 g/mol. The smallest absolute Gasteiger partial charge is 0.207 e. The highest BCUT2D eigenvalue weighted by molar-refractivity contribution is 8.17. The lowest BCUT2D eigenvalue weighted by molar-refractivity contribution is 0.615. The van der Waals surface area contributed by atoms with Gasteiger partial charge in [-0.1, -0.05) is 26.0 Å². The lowest BCUT2D eigenvalue weighted by Crippen LogP contribution is -1.94. The summed E-state index contributed by atoms with van der Waals surface area (Å²) in [6.45, 7) is 4.00. The van der Waals surface area contributed by atoms with Crippen molar-refractivity contribution in [3.05, 3.63) is 23.1 Å². The molecule has 0 aromatic rings. The standard InChI is InChI=1S/C6H7ClO2S.C2H6/c7-10(8,9)6-4-2-1-3-5-6;1-2/h2,4-5H,1,3H2;1-2H3. The second-order valence-corrected chi connectivity index (χ2v) is 4.59. The van der Waals surface area contributed by atoms with Crippen LogP contribution in [0, 0.1) is 0 Å². The topological polar surface area (TPSA) is 34.1 Å². The summed E-state index contributed by atoms with van der Waals surface area (Å²) in [7, 11) is 1.59. The van der Waals surface area contributed by atoms with Gasteiger partial charge >= 0.3 is 0 Å². The molecule has 1 aliphatic carbocycles. The van der Waals surface area contributed by atoms with Crippen LogP contribution in [0.5, 0.6) is 0 Å². The molecule has 0 atom stereocenters. The predicted molar refractivity (Wildman–Crippen MR) is 52.6 cm³/mol. The molecule has 0 saturated heterocycles. The lowest BCUT2D eigenvalue weighted by Gasteiger charge is -2.00. The van der Waals surface area contributed by atoms with Gasteiger partial charge in [0.05, 0.1) is 4.91 Å². The van der Waals surface area contributed by atoms with Gasteiger partial charge in [0.25, 0.3) is 9.05 Å². The first-order valence-electron chi connectivity index (χ1n) is 3.92. The van der Waals surface area contributed by atoms with Crippen LogP contribution in [0.15, 0.2) is 23.1 Å². The quantitative estimate of drug-likeness (QED) is 0.621. The van der Waals surface area contributed by atoms with Gasteiger partial charge in [-0.25, -0.2) is 8.42 Å². The first kappa shape index (κ1) is 11.7. The fraction of sp³-hybridized carbons (Fsp3) is 0.500. The highest BCUT2D eigenvalue weighted by Crippen LogP contribution is 2.18. The Balaban J connectivity index is 0.000000561. The van der Waals surface area contributed by atoms with E-state index < -0.39 is 9.05 Å². The molecule has 0 fully saturated rings. The van der Waals surface area contributed by atoms with Gasteiger partial charge in [-0.2, -0.15) is 0 Å². The van der Waals surface area contributed by atoms with E-state index in [0.29, 0.717) is 0 Å². The van der Waals surface area contributed by atoms with E-state index in [9.17, 15) is 8.42 Å². The first-order valence-corrected chi connectivity index (χ1v) is 6.23. The van der Waals surface area contributed by atoms with E-state index >= 15 is 0 Å². The molecule has 0 aromatic carbocycles. The zero-order valence-corrected chi connectivity index (χ0v) is 8.82. The summed E-state index contributed by atoms with van der Waals surface area (Å²) < 4.78 is 21.3. The van der Waals surface area contributed by atoms with Crippen LogP contribution >= 0.6 is 10.7 Å². The highest BCUT2D eigenvalue weighted by Gasteiger charge is 2.11. The average molecular weight is 209 g/mol. The minimum atomic E-state index is -3.48. The SMILES string of the molecule is CC.O=S(=O)(Cl)C1=CCCC=C1. The molecular formula is C8H13ClO2S. The van der Waals surface area contributed by atoms with Crippen molar-refractivity contribution in [2.75, 3.05) is 0 Å². The third-order valence-corrected chi connectivity index (χ3v) is 2.64. The Morgan fingerprint density at radius 2 is 1.92 bits per heavy atom. The fourth-order valence-corrected chi connectivity index (χ4v) is 1.69. The summed E-state index contributed by atoms with van der Waals surface area (Å²) in [6, 6.07) is 0. The Labute approximate surface area is 78.3 Å². The number of rotatable bonds is 1. The third kappa shape index (κ3) is 3.93. The van der Waals surface area contributed by atoms with Crippen molar-refractivity contribution >= 4 is 19.7 Å². The van der Waals surface area contributed by atoms with Gasteiger partial charge in [0, 0.05) is 10.7 Å². The van der Waals surface area contributed by atoms with E-state index in [1.165, 1.54) is 6.08 Å². The van der Waals surface area contributed by atoms with Crippen molar-refractivity contribution in [2.45, 2.75) is 26.7 Å². The highest BCUT2D eigenvalue weighted by atomic mass is 35.7. The number of allylic oxidation sites excluding steroid dienone is 3. The van der Waals surface area contributed by atoms with E-state index in [1.54, 1.807) is 12.2 Å². The van der Waals surface area contributed by atoms with Gasteiger partial charge < -0.3 is 0 Å². The van der Waals surface area contributed by atoms with E-state index in [0.717, 1.165) is 12.8 Å². The number of hydrogen-bond acceptors (Lipinski definition) is 2. The molecule has 1 aliphatic rings. The van der Waals surface area contributed by atoms with Crippen molar-refractivity contribution in [3.63, 3.8) is 0 Å². The van der Waals surface area contributed by atoms with Crippen LogP contribution in [-0.4, -0.2) is 8.42 Å². The zero-order valence-electron chi connectivity index (χ0n) is 7.25. The Kier molecular flexibility index (Phi) is 5.25. The zero-order chi connectivity index (χ0) is 9.61. The minimum absolute atomic E-state index is 0.223. The molecule has 0 unspecified atom stereocenters. The molecule has 0 N–H and O–H groups in total. The summed E-state index contributed by atoms with van der Waals surface area (Å²) in [5.74, 6) is 0. The van der Waals surface area contributed by atoms with Crippen molar-refractivity contribution < 1.29 is 8.42 Å². The number of halogens is 1. The molecule has 0 spiro atoms. The maximum absolute atomic E-state index is 10.6. The molecule has 1 rings (SSSR count). The average Bonchev–Trinajstić information content (AvgIpc) is 2.08. The Bertz CT molecular complexity index is 275. The second kappa shape index (κ2) is 5.38. The molecule has 0 amide bonds. The Hall–Kier alpha value is -0.280. The van der Waals surface area contributed by atoms with Crippen molar-refractivity contribution in [1.29, 1.82) is 0 Å². The summed E-state index contributed by atoms with van der Waals surface area (Å²) in [5.41, 5.74) is 0. The molecule has 0 aliphatic heterocycles. The second-order valence-electron chi connectivity index (χ2n) is 2.02. The van der Waals surface area contributed by atoms with E-state index in [2.05, 4.69) is 0 Å². The summed E-state index contributed by atoms with van der Waals surface area (Å²) >= 11 is 0. The first-order chi connectivity index (χ1) is 5.61. The van der Waals surface area contributed by atoms with Crippen molar-refractivity contribution in [1.82, 2.24) is 0 Å². The number of hydrogen-bond donors (Lipinski definition) is 0. The molecule has 4 heteroatoms. The van der Waals surface area contributed by atoms with Crippen LogP contribution in [-0.2, 0) is 9.05 Å². The van der Waals surface area contributed by atoms with Crippen molar-refractivity contribution in [2.24, 2.45) is 0 Å². The van der Waals surface area contributed by atoms with Gasteiger partial charge in [-0.05, 0) is 18.9 Å². The molecule has 0 heterocycles. The van der Waals surface area contributed by atoms with Crippen LogP contribution in [0.25, 0.3) is 0 Å². The van der Waals surface area contributed by atoms with Crippen molar-refractivity contribution in [3.8, 4) is 0 Å². The predicted octanol–water partition coefficient (Wildman–Crippen LogP) is 2.82. The van der Waals surface area contributed by atoms with E-state index in [-0.39, 0.29) is 4.91 Å². The monoisotopic (exact) mass is 208 g/mol. The Morgan fingerprint density at radius 3 is 2.17 bits per heavy atom. The van der Waals surface area contributed by atoms with Crippen LogP contribution in [0.1, 0.15) is 26.7 Å². The van der Waals surface area contributed by atoms with E-state index in [4.69, 9.17) is 10.7 Å². The van der Waals surface area contributed by atoms with Gasteiger partial charge in [-0.3, -0.25) is 0 Å². The molecule has 12 heavy (non-hydrogen) atoms. The van der Waals surface area contributed by atoms with Gasteiger partial charge in [-0.15, -0.1) is 0 Å². The third-order valence-electron chi connectivity index (χ3n) is 1.24. The van der Waals surface area contributed by atoms with Crippen LogP contribution < -0.4 is 0 Å². The maximum Gasteiger partial charge on any atom is 0.260 e. The van der Waals surface area contributed by atoms with Gasteiger partial charge in [0.2, 0.25) is 0 Å². The maximum atomic E-state index is 10.6. The normalized spacial score (nSPS) is 16.1. The summed E-state index contributed by atoms with van der Waals surface area (Å²) in [5, 5.41) is 0. The summed E-state index contributed by atoms with van der Waals surface area (Å²) in [6.07, 6.45) is 6.62. The largest absolute Gasteiger partial charge is 0.260 e. The summed E-state index contributed by atoms with van der Waals surface area (Å²) in [4.78, 5) is 0.223. The van der Waals surface area contributed by atoms with Gasteiger partial charge in [0.15, 0.2) is 0 Å². The molecule has 2 nitrogen and oxygen atoms in total. The Morgan fingerprint density at radius 1 is 1.33 bits per heavy atom. The van der Waals surface area contributed by atoms with Crippen LogP contribution in [0.4, 0.5) is 0 Å². The fourth-order valence-electron chi connectivity index (χ4n) is 0.770. The molecule has 0 aromatic heterocycles. The van der Waals surface area contributed by atoms with Gasteiger partial charge in [0.1, 0.15) is 0 Å². The molecule has 0 radical (unpaired) electrons. The van der Waals surface area contributed by atoms with Crippen LogP contribution in [0.3, 0.4) is 0 Å². The van der Waals surface area contributed by atoms with E-state index in [1.807, 2.05) is 13.8 Å². The lowest BCUT2D eigenvalue weighted by atomic mass is 10.2. The minimum Gasteiger partial charge on any atom is -0.207 e. The molecule has 0 bridgehead atoms. The van der Waals surface area contributed by atoms with Crippen LogP contribution in [0.2, 0.25) is 0 Å². The molecule has 70 valence electrons.